The highest BCUT2D eigenvalue weighted by atomic mass is 35.5. The van der Waals surface area contributed by atoms with E-state index in [1.807, 2.05) is 0 Å². The Balaban J connectivity index is 2.41. The summed E-state index contributed by atoms with van der Waals surface area (Å²) in [6.45, 7) is 2.76. The fraction of sp³-hybridized carbons (Fsp3) is 0.357. The van der Waals surface area contributed by atoms with Gasteiger partial charge < -0.3 is 15.7 Å². The van der Waals surface area contributed by atoms with Gasteiger partial charge in [-0.1, -0.05) is 11.6 Å². The zero-order valence-electron chi connectivity index (χ0n) is 11.8. The summed E-state index contributed by atoms with van der Waals surface area (Å²) in [5, 5.41) is 14.3. The Labute approximate surface area is 127 Å². The molecule has 0 aromatic heterocycles. The van der Waals surface area contributed by atoms with E-state index < -0.39 is 23.2 Å². The minimum absolute atomic E-state index is 0.0159. The van der Waals surface area contributed by atoms with E-state index in [0.717, 1.165) is 0 Å². The first-order valence-electron chi connectivity index (χ1n) is 6.26. The van der Waals surface area contributed by atoms with Gasteiger partial charge in [0.15, 0.2) is 0 Å². The lowest BCUT2D eigenvalue weighted by molar-refractivity contribution is -0.146. The van der Waals surface area contributed by atoms with Crippen molar-refractivity contribution in [3.05, 3.63) is 34.9 Å². The molecule has 1 aromatic rings. The second kappa shape index (κ2) is 7.08. The van der Waals surface area contributed by atoms with Gasteiger partial charge >= 0.3 is 5.97 Å². The molecule has 6 nitrogen and oxygen atoms in total. The number of rotatable bonds is 6. The lowest BCUT2D eigenvalue weighted by Gasteiger charge is -2.19. The van der Waals surface area contributed by atoms with Crippen molar-refractivity contribution >= 4 is 29.4 Å². The number of carbonyl (C=O) groups excluding carboxylic acids is 2. The molecule has 114 valence electrons. The van der Waals surface area contributed by atoms with Gasteiger partial charge in [-0.25, -0.2) is 0 Å². The number of hydrogen-bond acceptors (Lipinski definition) is 3. The number of hydrogen-bond donors (Lipinski definition) is 3. The zero-order valence-corrected chi connectivity index (χ0v) is 12.5. The van der Waals surface area contributed by atoms with E-state index in [1.165, 1.54) is 13.8 Å². The number of carboxylic acid groups (broad SMARTS) is 1. The lowest BCUT2D eigenvalue weighted by Crippen LogP contribution is -2.43. The summed E-state index contributed by atoms with van der Waals surface area (Å²) in [5.41, 5.74) is -0.673. The molecule has 0 fully saturated rings. The monoisotopic (exact) mass is 312 g/mol. The minimum Gasteiger partial charge on any atom is -0.481 e. The third-order valence-electron chi connectivity index (χ3n) is 2.82. The Morgan fingerprint density at radius 3 is 2.24 bits per heavy atom. The average Bonchev–Trinajstić information content (AvgIpc) is 2.43. The molecule has 0 unspecified atom stereocenters. The number of aliphatic carboxylic acids is 1. The van der Waals surface area contributed by atoms with E-state index in [4.69, 9.17) is 16.7 Å². The van der Waals surface area contributed by atoms with E-state index in [9.17, 15) is 14.4 Å². The van der Waals surface area contributed by atoms with Crippen molar-refractivity contribution in [1.29, 1.82) is 0 Å². The molecule has 0 spiro atoms. The summed E-state index contributed by atoms with van der Waals surface area (Å²) >= 11 is 5.71. The molecule has 0 aliphatic carbocycles. The topological polar surface area (TPSA) is 95.5 Å². The number of benzene rings is 1. The molecule has 0 bridgehead atoms. The SMILES string of the molecule is CC(C)(CNC(=O)CNC(=O)c1ccc(Cl)cc1)C(=O)O. The summed E-state index contributed by atoms with van der Waals surface area (Å²) in [7, 11) is 0. The third-order valence-corrected chi connectivity index (χ3v) is 3.07. The number of carbonyl (C=O) groups is 3. The number of nitrogens with one attached hydrogen (secondary N) is 2. The molecule has 0 aliphatic heterocycles. The Kier molecular flexibility index (Phi) is 5.72. The van der Waals surface area contributed by atoms with Crippen molar-refractivity contribution in [2.75, 3.05) is 13.1 Å². The van der Waals surface area contributed by atoms with Crippen molar-refractivity contribution in [2.24, 2.45) is 5.41 Å². The normalized spacial score (nSPS) is 10.8. The van der Waals surface area contributed by atoms with Gasteiger partial charge in [-0.3, -0.25) is 14.4 Å². The molecule has 0 aliphatic rings. The molecule has 1 aromatic carbocycles. The Morgan fingerprint density at radius 1 is 1.14 bits per heavy atom. The molecular weight excluding hydrogens is 296 g/mol. The van der Waals surface area contributed by atoms with Gasteiger partial charge in [0.1, 0.15) is 0 Å². The van der Waals surface area contributed by atoms with E-state index in [1.54, 1.807) is 24.3 Å². The standard InChI is InChI=1S/C14H17ClN2O4/c1-14(2,13(20)21)8-17-11(18)7-16-12(19)9-3-5-10(15)6-4-9/h3-6H,7-8H2,1-2H3,(H,16,19)(H,17,18)(H,20,21). The van der Waals surface area contributed by atoms with Gasteiger partial charge in [-0.2, -0.15) is 0 Å². The average molecular weight is 313 g/mol. The first-order valence-corrected chi connectivity index (χ1v) is 6.64. The zero-order chi connectivity index (χ0) is 16.0. The van der Waals surface area contributed by atoms with Crippen LogP contribution in [-0.4, -0.2) is 36.0 Å². The van der Waals surface area contributed by atoms with E-state index >= 15 is 0 Å². The smallest absolute Gasteiger partial charge is 0.310 e. The van der Waals surface area contributed by atoms with Crippen LogP contribution in [0.2, 0.25) is 5.02 Å². The first kappa shape index (κ1) is 17.0. The van der Waals surface area contributed by atoms with E-state index in [-0.39, 0.29) is 13.1 Å². The maximum atomic E-state index is 11.7. The van der Waals surface area contributed by atoms with Crippen molar-refractivity contribution < 1.29 is 19.5 Å². The van der Waals surface area contributed by atoms with Crippen LogP contribution < -0.4 is 10.6 Å². The summed E-state index contributed by atoms with van der Waals surface area (Å²) in [4.78, 5) is 34.2. The minimum atomic E-state index is -1.06. The highest BCUT2D eigenvalue weighted by Gasteiger charge is 2.27. The van der Waals surface area contributed by atoms with Crippen molar-refractivity contribution in [1.82, 2.24) is 10.6 Å². The Morgan fingerprint density at radius 2 is 1.71 bits per heavy atom. The summed E-state index contributed by atoms with van der Waals surface area (Å²) in [6, 6.07) is 6.24. The van der Waals surface area contributed by atoms with Crippen molar-refractivity contribution in [3.63, 3.8) is 0 Å². The van der Waals surface area contributed by atoms with Gasteiger partial charge in [0.2, 0.25) is 5.91 Å². The van der Waals surface area contributed by atoms with Crippen LogP contribution in [0.3, 0.4) is 0 Å². The predicted octanol–water partition coefficient (Wildman–Crippen LogP) is 1.30. The second-order valence-corrected chi connectivity index (χ2v) is 5.59. The molecular formula is C14H17ClN2O4. The van der Waals surface area contributed by atoms with Crippen LogP contribution >= 0.6 is 11.6 Å². The Bertz CT molecular complexity index is 540. The van der Waals surface area contributed by atoms with Gasteiger partial charge in [0.25, 0.3) is 5.91 Å². The fourth-order valence-corrected chi connectivity index (χ4v) is 1.45. The number of carboxylic acids is 1. The van der Waals surface area contributed by atoms with Crippen LogP contribution in [0.25, 0.3) is 0 Å². The fourth-order valence-electron chi connectivity index (χ4n) is 1.32. The van der Waals surface area contributed by atoms with Gasteiger partial charge in [-0.05, 0) is 38.1 Å². The van der Waals surface area contributed by atoms with Gasteiger partial charge in [0.05, 0.1) is 12.0 Å². The second-order valence-electron chi connectivity index (χ2n) is 5.16. The van der Waals surface area contributed by atoms with E-state index in [0.29, 0.717) is 10.6 Å². The maximum absolute atomic E-state index is 11.7. The number of halogens is 1. The summed E-state index contributed by atoms with van der Waals surface area (Å²) in [6.07, 6.45) is 0. The van der Waals surface area contributed by atoms with Crippen LogP contribution in [0.15, 0.2) is 24.3 Å². The molecule has 21 heavy (non-hydrogen) atoms. The molecule has 2 amide bonds. The number of amides is 2. The predicted molar refractivity (Wildman–Crippen MR) is 78.2 cm³/mol. The molecule has 0 heterocycles. The highest BCUT2D eigenvalue weighted by molar-refractivity contribution is 6.30. The quantitative estimate of drug-likeness (QED) is 0.737. The van der Waals surface area contributed by atoms with E-state index in [2.05, 4.69) is 10.6 Å². The van der Waals surface area contributed by atoms with Crippen LogP contribution in [0, 0.1) is 5.41 Å². The molecule has 0 atom stereocenters. The van der Waals surface area contributed by atoms with Gasteiger partial charge in [-0.15, -0.1) is 0 Å². The summed E-state index contributed by atoms with van der Waals surface area (Å²) in [5.74, 6) is -1.86. The van der Waals surface area contributed by atoms with Crippen LogP contribution in [0.1, 0.15) is 24.2 Å². The molecule has 1 rings (SSSR count). The molecule has 0 saturated heterocycles. The molecule has 7 heteroatoms. The van der Waals surface area contributed by atoms with Crippen molar-refractivity contribution in [2.45, 2.75) is 13.8 Å². The third kappa shape index (κ3) is 5.43. The van der Waals surface area contributed by atoms with Crippen LogP contribution in [0.5, 0.6) is 0 Å². The molecule has 0 radical (unpaired) electrons. The highest BCUT2D eigenvalue weighted by Crippen LogP contribution is 2.12. The molecule has 0 saturated carbocycles. The largest absolute Gasteiger partial charge is 0.481 e. The lowest BCUT2D eigenvalue weighted by atomic mass is 9.94. The Hall–Kier alpha value is -2.08. The van der Waals surface area contributed by atoms with Crippen LogP contribution in [0.4, 0.5) is 0 Å². The van der Waals surface area contributed by atoms with Gasteiger partial charge in [0, 0.05) is 17.1 Å². The van der Waals surface area contributed by atoms with Crippen LogP contribution in [-0.2, 0) is 9.59 Å². The first-order chi connectivity index (χ1) is 9.72. The van der Waals surface area contributed by atoms with Crippen molar-refractivity contribution in [3.8, 4) is 0 Å². The summed E-state index contributed by atoms with van der Waals surface area (Å²) < 4.78 is 0. The maximum Gasteiger partial charge on any atom is 0.310 e. The molecule has 3 N–H and O–H groups in total.